The molecule has 2 heterocycles. The van der Waals surface area contributed by atoms with Crippen LogP contribution in [0.1, 0.15) is 22.8 Å². The molecular weight excluding hydrogens is 405 g/mol. The Labute approximate surface area is 179 Å². The summed E-state index contributed by atoms with van der Waals surface area (Å²) in [5, 5.41) is 2.74. The number of thioether (sulfide) groups is 1. The van der Waals surface area contributed by atoms with Gasteiger partial charge in [0.15, 0.2) is 11.6 Å². The molecule has 30 heavy (non-hydrogen) atoms. The summed E-state index contributed by atoms with van der Waals surface area (Å²) >= 11 is 1.50. The largest absolute Gasteiger partial charge is 0.494 e. The number of carbonyl (C=O) groups excluding carboxylic acids is 2. The van der Waals surface area contributed by atoms with Crippen molar-refractivity contribution in [3.05, 3.63) is 53.3 Å². The van der Waals surface area contributed by atoms with Gasteiger partial charge in [0.05, 0.1) is 18.0 Å². The number of rotatable bonds is 4. The van der Waals surface area contributed by atoms with Crippen molar-refractivity contribution in [1.82, 2.24) is 9.80 Å². The zero-order valence-electron chi connectivity index (χ0n) is 17.0. The molecule has 0 aromatic heterocycles. The van der Waals surface area contributed by atoms with Crippen LogP contribution in [0.2, 0.25) is 0 Å². The van der Waals surface area contributed by atoms with Crippen LogP contribution >= 0.6 is 11.8 Å². The van der Waals surface area contributed by atoms with Gasteiger partial charge in [-0.05, 0) is 42.8 Å². The lowest BCUT2D eigenvalue weighted by Crippen LogP contribution is -2.48. The minimum absolute atomic E-state index is 0.0363. The Morgan fingerprint density at radius 1 is 1.20 bits per heavy atom. The second kappa shape index (κ2) is 8.65. The lowest BCUT2D eigenvalue weighted by Gasteiger charge is -2.35. The third kappa shape index (κ3) is 4.29. The van der Waals surface area contributed by atoms with E-state index in [1.165, 1.54) is 24.9 Å². The molecule has 1 fully saturated rings. The summed E-state index contributed by atoms with van der Waals surface area (Å²) in [6.07, 6.45) is 0. The molecule has 2 amide bonds. The van der Waals surface area contributed by atoms with E-state index in [4.69, 9.17) is 4.74 Å². The summed E-state index contributed by atoms with van der Waals surface area (Å²) < 4.78 is 18.9. The molecule has 0 unspecified atom stereocenters. The number of benzene rings is 2. The number of nitrogens with zero attached hydrogens (tertiary/aromatic N) is 2. The Morgan fingerprint density at radius 2 is 1.97 bits per heavy atom. The van der Waals surface area contributed by atoms with E-state index in [-0.39, 0.29) is 28.6 Å². The standard InChI is InChI=1S/C22H24FN3O3S/c1-14-21(27)24-18-12-16(4-6-20(18)30-14)22(28)26-9-7-25(8-10-26)13-15-3-5-19(29-2)17(23)11-15/h3-6,11-12,14H,7-10,13H2,1-2H3,(H,24,27)/t14-/m1/s1. The maximum absolute atomic E-state index is 13.9. The van der Waals surface area contributed by atoms with Gasteiger partial charge >= 0.3 is 0 Å². The van der Waals surface area contributed by atoms with Crippen LogP contribution < -0.4 is 10.1 Å². The molecule has 8 heteroatoms. The Kier molecular flexibility index (Phi) is 5.97. The van der Waals surface area contributed by atoms with Gasteiger partial charge in [-0.3, -0.25) is 14.5 Å². The molecule has 2 aromatic rings. The highest BCUT2D eigenvalue weighted by atomic mass is 32.2. The number of amides is 2. The van der Waals surface area contributed by atoms with Crippen LogP contribution in [0.15, 0.2) is 41.3 Å². The van der Waals surface area contributed by atoms with E-state index >= 15 is 0 Å². The quantitative estimate of drug-likeness (QED) is 0.809. The van der Waals surface area contributed by atoms with Crippen molar-refractivity contribution in [2.24, 2.45) is 0 Å². The SMILES string of the molecule is COc1ccc(CN2CCN(C(=O)c3ccc4c(c3)NC(=O)[C@@H](C)S4)CC2)cc1F. The number of nitrogens with one attached hydrogen (secondary N) is 1. The number of halogens is 1. The van der Waals surface area contributed by atoms with Crippen molar-refractivity contribution in [1.29, 1.82) is 0 Å². The van der Waals surface area contributed by atoms with E-state index in [2.05, 4.69) is 10.2 Å². The van der Waals surface area contributed by atoms with Crippen LogP contribution in [0.25, 0.3) is 0 Å². The van der Waals surface area contributed by atoms with Crippen molar-refractivity contribution >= 4 is 29.3 Å². The Bertz CT molecular complexity index is 976. The first-order valence-corrected chi connectivity index (χ1v) is 10.8. The molecule has 2 aromatic carbocycles. The van der Waals surface area contributed by atoms with E-state index in [1.807, 2.05) is 30.0 Å². The highest BCUT2D eigenvalue weighted by Crippen LogP contribution is 2.36. The summed E-state index contributed by atoms with van der Waals surface area (Å²) in [5.74, 6) is -0.203. The van der Waals surface area contributed by atoms with Gasteiger partial charge in [-0.1, -0.05) is 6.07 Å². The van der Waals surface area contributed by atoms with Gasteiger partial charge < -0.3 is 15.0 Å². The predicted molar refractivity (Wildman–Crippen MR) is 115 cm³/mol. The molecule has 0 bridgehead atoms. The third-order valence-electron chi connectivity index (χ3n) is 5.44. The number of piperazine rings is 1. The van der Waals surface area contributed by atoms with Crippen LogP contribution in [0, 0.1) is 5.82 Å². The number of hydrogen-bond acceptors (Lipinski definition) is 5. The van der Waals surface area contributed by atoms with Gasteiger partial charge in [0.2, 0.25) is 5.91 Å². The van der Waals surface area contributed by atoms with Crippen LogP contribution in [0.3, 0.4) is 0 Å². The highest BCUT2D eigenvalue weighted by Gasteiger charge is 2.26. The number of carbonyl (C=O) groups is 2. The summed E-state index contributed by atoms with van der Waals surface area (Å²) in [5.41, 5.74) is 2.16. The van der Waals surface area contributed by atoms with Gasteiger partial charge in [0.25, 0.3) is 5.91 Å². The molecule has 2 aliphatic heterocycles. The zero-order chi connectivity index (χ0) is 21.3. The second-order valence-corrected chi connectivity index (χ2v) is 8.88. The Balaban J connectivity index is 1.36. The number of anilines is 1. The van der Waals surface area contributed by atoms with Crippen molar-refractivity contribution in [2.75, 3.05) is 38.6 Å². The Hall–Kier alpha value is -2.58. The molecule has 1 saturated heterocycles. The smallest absolute Gasteiger partial charge is 0.254 e. The summed E-state index contributed by atoms with van der Waals surface area (Å²) in [7, 11) is 1.45. The lowest BCUT2D eigenvalue weighted by molar-refractivity contribution is -0.115. The van der Waals surface area contributed by atoms with E-state index in [1.54, 1.807) is 12.1 Å². The van der Waals surface area contributed by atoms with Crippen molar-refractivity contribution in [3.63, 3.8) is 0 Å². The normalized spacial score (nSPS) is 19.2. The average molecular weight is 430 g/mol. The first-order chi connectivity index (χ1) is 14.4. The minimum Gasteiger partial charge on any atom is -0.494 e. The van der Waals surface area contributed by atoms with E-state index in [0.29, 0.717) is 44.0 Å². The maximum atomic E-state index is 13.9. The van der Waals surface area contributed by atoms with Gasteiger partial charge in [-0.15, -0.1) is 11.8 Å². The number of fused-ring (bicyclic) bond motifs is 1. The minimum atomic E-state index is -0.365. The van der Waals surface area contributed by atoms with Gasteiger partial charge in [0.1, 0.15) is 0 Å². The first kappa shape index (κ1) is 20.7. The number of methoxy groups -OCH3 is 1. The molecule has 2 aliphatic rings. The molecular formula is C22H24FN3O3S. The fourth-order valence-corrected chi connectivity index (χ4v) is 4.63. The van der Waals surface area contributed by atoms with Crippen molar-refractivity contribution < 1.29 is 18.7 Å². The average Bonchev–Trinajstić information content (AvgIpc) is 2.74. The predicted octanol–water partition coefficient (Wildman–Crippen LogP) is 3.23. The fourth-order valence-electron chi connectivity index (χ4n) is 3.70. The third-order valence-corrected chi connectivity index (χ3v) is 6.62. The number of ether oxygens (including phenoxy) is 1. The Morgan fingerprint density at radius 3 is 2.67 bits per heavy atom. The van der Waals surface area contributed by atoms with Crippen LogP contribution in [0.4, 0.5) is 10.1 Å². The highest BCUT2D eigenvalue weighted by molar-refractivity contribution is 8.00. The maximum Gasteiger partial charge on any atom is 0.254 e. The lowest BCUT2D eigenvalue weighted by atomic mass is 10.1. The van der Waals surface area contributed by atoms with Crippen LogP contribution in [-0.2, 0) is 11.3 Å². The fraction of sp³-hybridized carbons (Fsp3) is 0.364. The number of hydrogen-bond donors (Lipinski definition) is 1. The van der Waals surface area contributed by atoms with E-state index in [0.717, 1.165) is 10.5 Å². The molecule has 0 radical (unpaired) electrons. The molecule has 0 spiro atoms. The van der Waals surface area contributed by atoms with Gasteiger partial charge in [0, 0.05) is 43.2 Å². The zero-order valence-corrected chi connectivity index (χ0v) is 17.8. The molecule has 6 nitrogen and oxygen atoms in total. The molecule has 158 valence electrons. The molecule has 0 aliphatic carbocycles. The summed E-state index contributed by atoms with van der Waals surface area (Å²) in [6.45, 7) is 5.13. The van der Waals surface area contributed by atoms with Crippen LogP contribution in [-0.4, -0.2) is 60.2 Å². The van der Waals surface area contributed by atoms with Crippen molar-refractivity contribution in [3.8, 4) is 5.75 Å². The monoisotopic (exact) mass is 429 g/mol. The van der Waals surface area contributed by atoms with E-state index in [9.17, 15) is 14.0 Å². The first-order valence-electron chi connectivity index (χ1n) is 9.90. The van der Waals surface area contributed by atoms with Gasteiger partial charge in [-0.2, -0.15) is 0 Å². The topological polar surface area (TPSA) is 61.9 Å². The molecule has 1 atom stereocenters. The van der Waals surface area contributed by atoms with Gasteiger partial charge in [-0.25, -0.2) is 4.39 Å². The molecule has 1 N–H and O–H groups in total. The summed E-state index contributed by atoms with van der Waals surface area (Å²) in [6, 6.07) is 10.5. The molecule has 0 saturated carbocycles. The second-order valence-electron chi connectivity index (χ2n) is 7.50. The van der Waals surface area contributed by atoms with Crippen LogP contribution in [0.5, 0.6) is 5.75 Å². The van der Waals surface area contributed by atoms with E-state index < -0.39 is 0 Å². The van der Waals surface area contributed by atoms with Crippen molar-refractivity contribution in [2.45, 2.75) is 23.6 Å². The molecule has 4 rings (SSSR count). The summed E-state index contributed by atoms with van der Waals surface area (Å²) in [4.78, 5) is 29.9.